The quantitative estimate of drug-likeness (QED) is 0.206. The largest absolute Gasteiger partial charge is 0.481 e. The summed E-state index contributed by atoms with van der Waals surface area (Å²) < 4.78 is 57.4. The number of imide groups is 2. The molecule has 2 spiro atoms. The van der Waals surface area contributed by atoms with Crippen LogP contribution in [0.3, 0.4) is 0 Å². The standard InChI is InChI=1S/C21H29N3O6S.C17H21N3O6S/c1-20(2,3)30-17(25)9-14-31(28,29)23-12-10-21(11-13-23)18(26)24(19(27)22-21)15-16-7-5-4-6-8-16;21-14(22)6-11-27(25,26)19-9-7-17(8-10-19)15(23)20(16(24)18-17)12-13-4-2-1-3-5-13/h4-8H,9-15H2,1-3H3,(H,22,27);1-5H,6-12H2,(H,18,24)(H,21,22). The molecule has 4 aliphatic rings. The highest BCUT2D eigenvalue weighted by molar-refractivity contribution is 7.89. The maximum atomic E-state index is 13.0. The van der Waals surface area contributed by atoms with Crippen molar-refractivity contribution >= 4 is 55.9 Å². The number of urea groups is 2. The van der Waals surface area contributed by atoms with Gasteiger partial charge >= 0.3 is 24.0 Å². The number of carbonyl (C=O) groups is 6. The van der Waals surface area contributed by atoms with E-state index < -0.39 is 72.9 Å². The average Bonchev–Trinajstić information content (AvgIpc) is 3.52. The number of nitrogens with one attached hydrogen (secondary N) is 2. The molecule has 0 atom stereocenters. The average molecular weight is 847 g/mol. The number of rotatable bonds is 12. The molecular weight excluding hydrogens is 797 g/mol. The van der Waals surface area contributed by atoms with Crippen LogP contribution in [0.1, 0.15) is 70.4 Å². The predicted octanol–water partition coefficient (Wildman–Crippen LogP) is 2.01. The number of carboxylic acid groups (broad SMARTS) is 1. The molecule has 3 N–H and O–H groups in total. The molecule has 0 bridgehead atoms. The van der Waals surface area contributed by atoms with Gasteiger partial charge in [-0.2, -0.15) is 0 Å². The number of carbonyl (C=O) groups excluding carboxylic acids is 5. The minimum absolute atomic E-state index is 0.0626. The van der Waals surface area contributed by atoms with Crippen LogP contribution in [0.2, 0.25) is 0 Å². The molecule has 4 aliphatic heterocycles. The number of aliphatic carboxylic acids is 1. The number of benzene rings is 2. The van der Waals surface area contributed by atoms with Gasteiger partial charge in [0.15, 0.2) is 0 Å². The molecular formula is C38H50N6O12S2. The lowest BCUT2D eigenvalue weighted by Gasteiger charge is -2.36. The van der Waals surface area contributed by atoms with Crippen LogP contribution in [0.4, 0.5) is 9.59 Å². The summed E-state index contributed by atoms with van der Waals surface area (Å²) in [5.41, 5.74) is -1.18. The minimum atomic E-state index is -3.70. The summed E-state index contributed by atoms with van der Waals surface area (Å²) in [6, 6.07) is 17.4. The summed E-state index contributed by atoms with van der Waals surface area (Å²) in [4.78, 5) is 75.4. The molecule has 0 unspecified atom stereocenters. The molecule has 2 aromatic carbocycles. The van der Waals surface area contributed by atoms with Crippen molar-refractivity contribution in [3.63, 3.8) is 0 Å². The third-order valence-corrected chi connectivity index (χ3v) is 14.1. The number of esters is 1. The Kier molecular flexibility index (Phi) is 13.3. The zero-order valence-electron chi connectivity index (χ0n) is 32.7. The van der Waals surface area contributed by atoms with Gasteiger partial charge in [0.05, 0.1) is 37.4 Å². The van der Waals surface area contributed by atoms with Crippen molar-refractivity contribution in [2.75, 3.05) is 37.7 Å². The van der Waals surface area contributed by atoms with Crippen LogP contribution in [0, 0.1) is 0 Å². The Hall–Kier alpha value is -4.92. The normalized spacial score (nSPS) is 19.8. The van der Waals surface area contributed by atoms with Crippen LogP contribution in [-0.2, 0) is 57.1 Å². The number of nitrogens with zero attached hydrogens (tertiary/aromatic N) is 4. The number of carboxylic acids is 1. The second-order valence-electron chi connectivity index (χ2n) is 15.7. The van der Waals surface area contributed by atoms with Crippen molar-refractivity contribution < 1.29 is 55.4 Å². The lowest BCUT2D eigenvalue weighted by Crippen LogP contribution is -2.56. The van der Waals surface area contributed by atoms with Gasteiger partial charge in [0.25, 0.3) is 11.8 Å². The van der Waals surface area contributed by atoms with E-state index in [9.17, 15) is 45.6 Å². The van der Waals surface area contributed by atoms with E-state index in [1.807, 2.05) is 60.7 Å². The molecule has 6 rings (SSSR count). The first-order valence-electron chi connectivity index (χ1n) is 18.9. The highest BCUT2D eigenvalue weighted by Gasteiger charge is 2.54. The van der Waals surface area contributed by atoms with Crippen molar-refractivity contribution in [3.8, 4) is 0 Å². The number of hydrogen-bond donors (Lipinski definition) is 3. The van der Waals surface area contributed by atoms with Crippen LogP contribution in [0.25, 0.3) is 0 Å². The van der Waals surface area contributed by atoms with Crippen molar-refractivity contribution in [1.82, 2.24) is 29.0 Å². The minimum Gasteiger partial charge on any atom is -0.481 e. The second kappa shape index (κ2) is 17.5. The maximum Gasteiger partial charge on any atom is 0.325 e. The van der Waals surface area contributed by atoms with Crippen LogP contribution in [-0.4, -0.2) is 131 Å². The Balaban J connectivity index is 0.000000223. The Morgan fingerprint density at radius 2 is 1.02 bits per heavy atom. The van der Waals surface area contributed by atoms with E-state index >= 15 is 0 Å². The van der Waals surface area contributed by atoms with Crippen molar-refractivity contribution in [2.24, 2.45) is 0 Å². The van der Waals surface area contributed by atoms with E-state index in [0.717, 1.165) is 16.0 Å². The fraction of sp³-hybridized carbons (Fsp3) is 0.526. The van der Waals surface area contributed by atoms with Crippen LogP contribution < -0.4 is 10.6 Å². The van der Waals surface area contributed by atoms with E-state index in [2.05, 4.69) is 10.6 Å². The van der Waals surface area contributed by atoms with Crippen molar-refractivity contribution in [2.45, 2.75) is 89.1 Å². The smallest absolute Gasteiger partial charge is 0.325 e. The summed E-state index contributed by atoms with van der Waals surface area (Å²) in [5.74, 6) is -3.25. The van der Waals surface area contributed by atoms with Crippen LogP contribution >= 0.6 is 0 Å². The molecule has 4 saturated heterocycles. The summed E-state index contributed by atoms with van der Waals surface area (Å²) >= 11 is 0. The van der Waals surface area contributed by atoms with Crippen LogP contribution in [0.15, 0.2) is 60.7 Å². The third kappa shape index (κ3) is 10.6. The number of sulfonamides is 2. The molecule has 58 heavy (non-hydrogen) atoms. The maximum absolute atomic E-state index is 13.0. The van der Waals surface area contributed by atoms with Gasteiger partial charge in [-0.1, -0.05) is 60.7 Å². The fourth-order valence-electron chi connectivity index (χ4n) is 7.22. The topological polar surface area (TPSA) is 237 Å². The van der Waals surface area contributed by atoms with Gasteiger partial charge in [-0.15, -0.1) is 0 Å². The van der Waals surface area contributed by atoms with Gasteiger partial charge < -0.3 is 20.5 Å². The molecule has 6 amide bonds. The summed E-state index contributed by atoms with van der Waals surface area (Å²) in [6.07, 6.45) is -0.000345. The first-order chi connectivity index (χ1) is 27.2. The van der Waals surface area contributed by atoms with E-state index in [1.54, 1.807) is 20.8 Å². The monoisotopic (exact) mass is 846 g/mol. The second-order valence-corrected chi connectivity index (χ2v) is 19.9. The third-order valence-electron chi connectivity index (χ3n) is 10.4. The van der Waals surface area contributed by atoms with E-state index in [1.165, 1.54) is 13.5 Å². The lowest BCUT2D eigenvalue weighted by molar-refractivity contribution is -0.154. The highest BCUT2D eigenvalue weighted by atomic mass is 32.2. The van der Waals surface area contributed by atoms with Crippen molar-refractivity contribution in [3.05, 3.63) is 71.8 Å². The van der Waals surface area contributed by atoms with Gasteiger partial charge in [-0.05, 0) is 57.6 Å². The molecule has 20 heteroatoms. The summed E-state index contributed by atoms with van der Waals surface area (Å²) in [7, 11) is -7.38. The van der Waals surface area contributed by atoms with Gasteiger partial charge in [0, 0.05) is 26.2 Å². The number of ether oxygens (including phenoxy) is 1. The van der Waals surface area contributed by atoms with E-state index in [4.69, 9.17) is 9.84 Å². The lowest BCUT2D eigenvalue weighted by atomic mass is 9.88. The van der Waals surface area contributed by atoms with Gasteiger partial charge in [0.1, 0.15) is 16.7 Å². The molecule has 4 fully saturated rings. The zero-order chi connectivity index (χ0) is 42.5. The molecule has 4 heterocycles. The van der Waals surface area contributed by atoms with Gasteiger partial charge in [-0.3, -0.25) is 29.0 Å². The van der Waals surface area contributed by atoms with Gasteiger partial charge in [-0.25, -0.2) is 35.0 Å². The molecule has 18 nitrogen and oxygen atoms in total. The molecule has 0 aromatic heterocycles. The first-order valence-corrected chi connectivity index (χ1v) is 22.1. The van der Waals surface area contributed by atoms with E-state index in [-0.39, 0.29) is 88.9 Å². The first kappa shape index (κ1) is 44.2. The SMILES string of the molecule is CC(C)(C)OC(=O)CCS(=O)(=O)N1CCC2(CC1)NC(=O)N(Cc1ccccc1)C2=O.O=C(O)CCS(=O)(=O)N1CCC2(CC1)NC(=O)N(Cc1ccccc1)C2=O. The summed E-state index contributed by atoms with van der Waals surface area (Å²) in [5, 5.41) is 14.2. The number of amides is 6. The Morgan fingerprint density at radius 1 is 0.655 bits per heavy atom. The van der Waals surface area contributed by atoms with E-state index in [0.29, 0.717) is 0 Å². The zero-order valence-corrected chi connectivity index (χ0v) is 34.3. The molecule has 2 aromatic rings. The molecule has 0 saturated carbocycles. The molecule has 316 valence electrons. The highest BCUT2D eigenvalue weighted by Crippen LogP contribution is 2.33. The Labute approximate surface area is 337 Å². The number of hydrogen-bond acceptors (Lipinski definition) is 11. The Bertz CT molecular complexity index is 2090. The van der Waals surface area contributed by atoms with Gasteiger partial charge in [0.2, 0.25) is 20.0 Å². The molecule has 0 radical (unpaired) electrons. The molecule has 0 aliphatic carbocycles. The predicted molar refractivity (Wildman–Crippen MR) is 208 cm³/mol. The Morgan fingerprint density at radius 3 is 1.36 bits per heavy atom. The fourth-order valence-corrected chi connectivity index (χ4v) is 10.1. The number of piperidine rings is 2. The van der Waals surface area contributed by atoms with Crippen molar-refractivity contribution in [1.29, 1.82) is 0 Å². The summed E-state index contributed by atoms with van der Waals surface area (Å²) in [6.45, 7) is 5.81. The van der Waals surface area contributed by atoms with Crippen LogP contribution in [0.5, 0.6) is 0 Å².